The van der Waals surface area contributed by atoms with Crippen LogP contribution in [0.5, 0.6) is 5.75 Å². The van der Waals surface area contributed by atoms with Gasteiger partial charge >= 0.3 is 6.03 Å². The summed E-state index contributed by atoms with van der Waals surface area (Å²) < 4.78 is 5.47. The predicted octanol–water partition coefficient (Wildman–Crippen LogP) is 0.877. The molecule has 1 aromatic rings. The topological polar surface area (TPSA) is 82.4 Å². The minimum absolute atomic E-state index is 0.338. The molecule has 3 amide bonds. The average molecular weight is 259 g/mol. The lowest BCUT2D eigenvalue weighted by Gasteiger charge is -2.19. The van der Waals surface area contributed by atoms with Crippen LogP contribution >= 0.6 is 0 Å². The molecule has 19 heavy (non-hydrogen) atoms. The van der Waals surface area contributed by atoms with Gasteiger partial charge < -0.3 is 10.1 Å². The molecule has 0 spiro atoms. The van der Waals surface area contributed by atoms with Crippen molar-refractivity contribution in [3.63, 3.8) is 0 Å². The minimum atomic E-state index is -0.821. The van der Waals surface area contributed by atoms with E-state index in [2.05, 4.69) is 5.32 Å². The lowest BCUT2D eigenvalue weighted by atomic mass is 10.2. The maximum Gasteiger partial charge on any atom is 0.324 e. The third-order valence-electron chi connectivity index (χ3n) is 2.78. The van der Waals surface area contributed by atoms with Crippen molar-refractivity contribution < 1.29 is 14.3 Å². The van der Waals surface area contributed by atoms with Crippen LogP contribution in [0.4, 0.5) is 4.79 Å². The number of nitrogens with one attached hydrogen (secondary N) is 1. The lowest BCUT2D eigenvalue weighted by molar-refractivity contribution is -0.134. The Hall–Kier alpha value is -2.55. The largest absolute Gasteiger partial charge is 0.479 e. The van der Waals surface area contributed by atoms with Gasteiger partial charge in [-0.15, -0.1) is 0 Å². The van der Waals surface area contributed by atoms with Crippen LogP contribution in [0.1, 0.15) is 12.5 Å². The summed E-state index contributed by atoms with van der Waals surface area (Å²) in [6.45, 7) is 2.35. The highest BCUT2D eigenvalue weighted by molar-refractivity contribution is 5.97. The van der Waals surface area contributed by atoms with E-state index in [1.165, 1.54) is 0 Å². The number of imide groups is 1. The number of carbonyl (C=O) groups is 2. The summed E-state index contributed by atoms with van der Waals surface area (Å²) in [6.07, 6.45) is -0.821. The van der Waals surface area contributed by atoms with Crippen LogP contribution in [0.2, 0.25) is 0 Å². The molecule has 0 bridgehead atoms. The van der Waals surface area contributed by atoms with Gasteiger partial charge in [-0.05, 0) is 19.1 Å². The molecule has 0 aliphatic carbocycles. The van der Waals surface area contributed by atoms with Gasteiger partial charge in [-0.3, -0.25) is 9.69 Å². The quantitative estimate of drug-likeness (QED) is 0.873. The van der Waals surface area contributed by atoms with E-state index in [0.717, 1.165) is 4.90 Å². The van der Waals surface area contributed by atoms with Gasteiger partial charge in [-0.1, -0.05) is 12.1 Å². The zero-order valence-electron chi connectivity index (χ0n) is 10.4. The summed E-state index contributed by atoms with van der Waals surface area (Å²) in [5.74, 6) is -0.0757. The Bertz CT molecular complexity index is 550. The molecular weight excluding hydrogens is 246 g/mol. The SMILES string of the molecule is CC(Oc1ccccc1C#N)C(=O)N1CCNC1=O. The van der Waals surface area contributed by atoms with Crippen LogP contribution < -0.4 is 10.1 Å². The fourth-order valence-corrected chi connectivity index (χ4v) is 1.80. The second-order valence-corrected chi connectivity index (χ2v) is 4.09. The van der Waals surface area contributed by atoms with Gasteiger partial charge in [0.05, 0.1) is 5.56 Å². The Morgan fingerprint density at radius 2 is 2.26 bits per heavy atom. The first-order chi connectivity index (χ1) is 9.13. The Morgan fingerprint density at radius 3 is 2.89 bits per heavy atom. The Balaban J connectivity index is 2.09. The van der Waals surface area contributed by atoms with E-state index in [1.807, 2.05) is 6.07 Å². The zero-order valence-corrected chi connectivity index (χ0v) is 10.4. The number of urea groups is 1. The van der Waals surface area contributed by atoms with Crippen LogP contribution in [0.15, 0.2) is 24.3 Å². The van der Waals surface area contributed by atoms with Crippen molar-refractivity contribution in [1.29, 1.82) is 5.26 Å². The molecular formula is C13H13N3O3. The van der Waals surface area contributed by atoms with Gasteiger partial charge in [0.2, 0.25) is 0 Å². The molecule has 0 radical (unpaired) electrons. The van der Waals surface area contributed by atoms with Crippen LogP contribution in [-0.4, -0.2) is 36.0 Å². The number of rotatable bonds is 3. The third kappa shape index (κ3) is 2.65. The average Bonchev–Trinajstić information content (AvgIpc) is 2.84. The van der Waals surface area contributed by atoms with Gasteiger partial charge in [0, 0.05) is 13.1 Å². The van der Waals surface area contributed by atoms with E-state index in [1.54, 1.807) is 31.2 Å². The van der Waals surface area contributed by atoms with Crippen molar-refractivity contribution in [3.05, 3.63) is 29.8 Å². The highest BCUT2D eigenvalue weighted by Crippen LogP contribution is 2.19. The van der Waals surface area contributed by atoms with E-state index in [4.69, 9.17) is 10.00 Å². The molecule has 1 atom stereocenters. The van der Waals surface area contributed by atoms with E-state index in [0.29, 0.717) is 24.4 Å². The van der Waals surface area contributed by atoms with Crippen LogP contribution in [0.3, 0.4) is 0 Å². The molecule has 1 aromatic carbocycles. The molecule has 6 nitrogen and oxygen atoms in total. The molecule has 1 unspecified atom stereocenters. The minimum Gasteiger partial charge on any atom is -0.479 e. The summed E-state index contributed by atoms with van der Waals surface area (Å²) in [5, 5.41) is 11.5. The van der Waals surface area contributed by atoms with E-state index in [9.17, 15) is 9.59 Å². The summed E-state index contributed by atoms with van der Waals surface area (Å²) in [7, 11) is 0. The molecule has 98 valence electrons. The molecule has 1 heterocycles. The molecule has 6 heteroatoms. The van der Waals surface area contributed by atoms with Gasteiger partial charge in [0.15, 0.2) is 6.10 Å². The Kier molecular flexibility index (Phi) is 3.66. The summed E-state index contributed by atoms with van der Waals surface area (Å²) in [4.78, 5) is 24.5. The van der Waals surface area contributed by atoms with E-state index >= 15 is 0 Å². The maximum atomic E-state index is 12.0. The van der Waals surface area contributed by atoms with Crippen LogP contribution in [0, 0.1) is 11.3 Å². The summed E-state index contributed by atoms with van der Waals surface area (Å²) in [5.41, 5.74) is 0.355. The van der Waals surface area contributed by atoms with Crippen molar-refractivity contribution in [1.82, 2.24) is 10.2 Å². The fourth-order valence-electron chi connectivity index (χ4n) is 1.80. The molecule has 0 aromatic heterocycles. The number of hydrogen-bond donors (Lipinski definition) is 1. The first kappa shape index (κ1) is 12.9. The van der Waals surface area contributed by atoms with E-state index in [-0.39, 0.29) is 0 Å². The van der Waals surface area contributed by atoms with Crippen molar-refractivity contribution in [2.75, 3.05) is 13.1 Å². The van der Waals surface area contributed by atoms with Crippen molar-refractivity contribution >= 4 is 11.9 Å². The molecule has 1 aliphatic rings. The Morgan fingerprint density at radius 1 is 1.53 bits per heavy atom. The monoisotopic (exact) mass is 259 g/mol. The maximum absolute atomic E-state index is 12.0. The first-order valence-electron chi connectivity index (χ1n) is 5.88. The normalized spacial score (nSPS) is 15.6. The number of carbonyl (C=O) groups excluding carboxylic acids is 2. The smallest absolute Gasteiger partial charge is 0.324 e. The third-order valence-corrected chi connectivity index (χ3v) is 2.78. The number of para-hydroxylation sites is 1. The van der Waals surface area contributed by atoms with E-state index < -0.39 is 18.0 Å². The van der Waals surface area contributed by atoms with Crippen LogP contribution in [0.25, 0.3) is 0 Å². The van der Waals surface area contributed by atoms with Crippen molar-refractivity contribution in [3.8, 4) is 11.8 Å². The molecule has 0 saturated carbocycles. The van der Waals surface area contributed by atoms with Gasteiger partial charge in [0.1, 0.15) is 11.8 Å². The number of ether oxygens (including phenoxy) is 1. The highest BCUT2D eigenvalue weighted by Gasteiger charge is 2.30. The summed E-state index contributed by atoms with van der Waals surface area (Å²) >= 11 is 0. The number of hydrogen-bond acceptors (Lipinski definition) is 4. The van der Waals surface area contributed by atoms with Gasteiger partial charge in [-0.2, -0.15) is 5.26 Å². The number of benzene rings is 1. The Labute approximate surface area is 110 Å². The standard InChI is InChI=1S/C13H13N3O3/c1-9(12(17)16-7-6-15-13(16)18)19-11-5-3-2-4-10(11)8-14/h2-5,9H,6-7H2,1H3,(H,15,18). The van der Waals surface area contributed by atoms with Gasteiger partial charge in [-0.25, -0.2) is 4.79 Å². The molecule has 1 N–H and O–H groups in total. The highest BCUT2D eigenvalue weighted by atomic mass is 16.5. The number of nitriles is 1. The second-order valence-electron chi connectivity index (χ2n) is 4.09. The predicted molar refractivity (Wildman–Crippen MR) is 66.4 cm³/mol. The number of amides is 3. The second kappa shape index (κ2) is 5.40. The van der Waals surface area contributed by atoms with Crippen molar-refractivity contribution in [2.45, 2.75) is 13.0 Å². The summed E-state index contributed by atoms with van der Waals surface area (Å²) in [6, 6.07) is 8.24. The molecule has 2 rings (SSSR count). The fraction of sp³-hybridized carbons (Fsp3) is 0.308. The van der Waals surface area contributed by atoms with Crippen LogP contribution in [-0.2, 0) is 4.79 Å². The van der Waals surface area contributed by atoms with Gasteiger partial charge in [0.25, 0.3) is 5.91 Å². The van der Waals surface area contributed by atoms with Crippen molar-refractivity contribution in [2.24, 2.45) is 0 Å². The molecule has 1 fully saturated rings. The number of nitrogens with zero attached hydrogens (tertiary/aromatic N) is 2. The molecule has 1 saturated heterocycles. The molecule has 1 aliphatic heterocycles. The first-order valence-corrected chi connectivity index (χ1v) is 5.88. The zero-order chi connectivity index (χ0) is 13.8. The lowest BCUT2D eigenvalue weighted by Crippen LogP contribution is -2.42.